The van der Waals surface area contributed by atoms with Gasteiger partial charge in [-0.05, 0) is 39.7 Å². The Balaban J connectivity index is 2.04. The molecule has 5 aromatic rings. The molecule has 3 nitrogen and oxygen atoms in total. The van der Waals surface area contributed by atoms with Crippen LogP contribution in [-0.2, 0) is 0 Å². The summed E-state index contributed by atoms with van der Waals surface area (Å²) < 4.78 is 5.22. The van der Waals surface area contributed by atoms with E-state index in [0.29, 0.717) is 0 Å². The van der Waals surface area contributed by atoms with Gasteiger partial charge in [0.2, 0.25) is 0 Å². The van der Waals surface area contributed by atoms with Crippen LogP contribution < -0.4 is 11.5 Å². The number of anilines is 2. The zero-order chi connectivity index (χ0) is 15.6. The van der Waals surface area contributed by atoms with Gasteiger partial charge in [0, 0.05) is 33.3 Å². The topological polar surface area (TPSA) is 65.2 Å². The Bertz CT molecular complexity index is 1170. The molecule has 1 heterocycles. The highest BCUT2D eigenvalue weighted by Gasteiger charge is 2.15. The highest BCUT2D eigenvalue weighted by molar-refractivity contribution is 6.28. The Kier molecular flexibility index (Phi) is 2.24. The third kappa shape index (κ3) is 1.53. The summed E-state index contributed by atoms with van der Waals surface area (Å²) in [5, 5.41) is 6.85. The lowest BCUT2D eigenvalue weighted by molar-refractivity contribution is 0.568. The molecule has 5 rings (SSSR count). The summed E-state index contributed by atoms with van der Waals surface area (Å²) >= 11 is 0. The van der Waals surface area contributed by atoms with Gasteiger partial charge in [0.05, 0.1) is 12.5 Å². The van der Waals surface area contributed by atoms with Crippen LogP contribution in [-0.4, -0.2) is 0 Å². The molecule has 0 spiro atoms. The van der Waals surface area contributed by atoms with Crippen LogP contribution in [0.5, 0.6) is 0 Å². The molecule has 3 heteroatoms. The van der Waals surface area contributed by atoms with E-state index in [-0.39, 0.29) is 0 Å². The molecule has 0 saturated carbocycles. The molecule has 0 saturated heterocycles. The molecule has 0 fully saturated rings. The van der Waals surface area contributed by atoms with Gasteiger partial charge in [-0.3, -0.25) is 0 Å². The van der Waals surface area contributed by atoms with Crippen molar-refractivity contribution in [3.63, 3.8) is 0 Å². The first-order valence-electron chi connectivity index (χ1n) is 7.52. The van der Waals surface area contributed by atoms with Gasteiger partial charge >= 0.3 is 0 Å². The highest BCUT2D eigenvalue weighted by Crippen LogP contribution is 2.42. The number of nitrogens with two attached hydrogens (primary N) is 2. The van der Waals surface area contributed by atoms with Gasteiger partial charge < -0.3 is 15.9 Å². The molecule has 0 atom stereocenters. The molecule has 4 aromatic carbocycles. The fourth-order valence-corrected chi connectivity index (χ4v) is 3.58. The van der Waals surface area contributed by atoms with Crippen molar-refractivity contribution in [2.45, 2.75) is 0 Å². The van der Waals surface area contributed by atoms with Crippen molar-refractivity contribution in [3.8, 4) is 11.1 Å². The summed E-state index contributed by atoms with van der Waals surface area (Å²) in [6, 6.07) is 16.5. The van der Waals surface area contributed by atoms with Crippen molar-refractivity contribution in [2.24, 2.45) is 0 Å². The lowest BCUT2D eigenvalue weighted by Gasteiger charge is -2.15. The van der Waals surface area contributed by atoms with Gasteiger partial charge in [-0.25, -0.2) is 0 Å². The number of furan rings is 1. The molecule has 0 aliphatic rings. The second kappa shape index (κ2) is 4.17. The van der Waals surface area contributed by atoms with E-state index in [0.717, 1.165) is 38.7 Å². The minimum absolute atomic E-state index is 0.774. The predicted molar refractivity (Wildman–Crippen MR) is 96.7 cm³/mol. The summed E-state index contributed by atoms with van der Waals surface area (Å²) in [7, 11) is 0. The Morgan fingerprint density at radius 3 is 2.30 bits per heavy atom. The number of nitrogen functional groups attached to an aromatic ring is 2. The smallest absolute Gasteiger partial charge is 0.0981 e. The second-order valence-corrected chi connectivity index (χ2v) is 5.93. The highest BCUT2D eigenvalue weighted by atomic mass is 16.3. The lowest BCUT2D eigenvalue weighted by Crippen LogP contribution is -1.95. The maximum atomic E-state index is 6.49. The van der Waals surface area contributed by atoms with Crippen LogP contribution in [0, 0.1) is 0 Å². The van der Waals surface area contributed by atoms with Crippen molar-refractivity contribution >= 4 is 43.7 Å². The van der Waals surface area contributed by atoms with E-state index in [2.05, 4.69) is 36.4 Å². The molecule has 23 heavy (non-hydrogen) atoms. The quantitative estimate of drug-likeness (QED) is 0.338. The average molecular weight is 298 g/mol. The Morgan fingerprint density at radius 1 is 0.739 bits per heavy atom. The minimum Gasteiger partial charge on any atom is -0.472 e. The monoisotopic (exact) mass is 298 g/mol. The van der Waals surface area contributed by atoms with Gasteiger partial charge in [0.15, 0.2) is 0 Å². The van der Waals surface area contributed by atoms with Crippen molar-refractivity contribution < 1.29 is 4.42 Å². The van der Waals surface area contributed by atoms with E-state index in [1.807, 2.05) is 12.1 Å². The second-order valence-electron chi connectivity index (χ2n) is 5.93. The molecular weight excluding hydrogens is 284 g/mol. The molecule has 0 unspecified atom stereocenters. The van der Waals surface area contributed by atoms with Crippen molar-refractivity contribution in [1.29, 1.82) is 0 Å². The van der Waals surface area contributed by atoms with Gasteiger partial charge in [0.1, 0.15) is 0 Å². The molecular formula is C20H14N2O. The molecule has 110 valence electrons. The van der Waals surface area contributed by atoms with E-state index in [9.17, 15) is 0 Å². The number of rotatable bonds is 1. The van der Waals surface area contributed by atoms with Crippen LogP contribution in [0.1, 0.15) is 0 Å². The summed E-state index contributed by atoms with van der Waals surface area (Å²) in [5.41, 5.74) is 16.2. The van der Waals surface area contributed by atoms with Crippen molar-refractivity contribution in [2.75, 3.05) is 11.5 Å². The van der Waals surface area contributed by atoms with Crippen LogP contribution in [0.15, 0.2) is 65.5 Å². The first-order valence-corrected chi connectivity index (χ1v) is 7.52. The largest absolute Gasteiger partial charge is 0.472 e. The van der Waals surface area contributed by atoms with Crippen LogP contribution >= 0.6 is 0 Å². The standard InChI is InChI=1S/C20H14N2O/c21-17-6-3-11-1-5-15-19-12(2-4-14(17)18(11)19)9-16(20(15)22)13-7-8-23-10-13/h1-10H,21-22H2. The fourth-order valence-electron chi connectivity index (χ4n) is 3.58. The lowest BCUT2D eigenvalue weighted by atomic mass is 9.90. The zero-order valence-electron chi connectivity index (χ0n) is 12.3. The average Bonchev–Trinajstić information content (AvgIpc) is 3.10. The fraction of sp³-hybridized carbons (Fsp3) is 0. The zero-order valence-corrected chi connectivity index (χ0v) is 12.3. The normalized spacial score (nSPS) is 11.8. The van der Waals surface area contributed by atoms with Crippen molar-refractivity contribution in [1.82, 2.24) is 0 Å². The molecule has 0 amide bonds. The van der Waals surface area contributed by atoms with E-state index in [4.69, 9.17) is 15.9 Å². The predicted octanol–water partition coefficient (Wildman–Crippen LogP) is 5.01. The Morgan fingerprint density at radius 2 is 1.48 bits per heavy atom. The molecule has 4 N–H and O–H groups in total. The van der Waals surface area contributed by atoms with E-state index < -0.39 is 0 Å². The maximum Gasteiger partial charge on any atom is 0.0981 e. The Labute approximate surface area is 132 Å². The number of hydrogen-bond donors (Lipinski definition) is 2. The van der Waals surface area contributed by atoms with E-state index >= 15 is 0 Å². The van der Waals surface area contributed by atoms with Crippen molar-refractivity contribution in [3.05, 3.63) is 61.1 Å². The van der Waals surface area contributed by atoms with Crippen LogP contribution in [0.4, 0.5) is 11.4 Å². The third-order valence-electron chi connectivity index (χ3n) is 4.69. The Hall–Kier alpha value is -3.20. The number of hydrogen-bond acceptors (Lipinski definition) is 3. The molecule has 0 radical (unpaired) electrons. The molecule has 0 bridgehead atoms. The number of benzene rings is 4. The maximum absolute atomic E-state index is 6.49. The van der Waals surface area contributed by atoms with E-state index in [1.54, 1.807) is 12.5 Å². The third-order valence-corrected chi connectivity index (χ3v) is 4.69. The summed E-state index contributed by atoms with van der Waals surface area (Å²) in [5.74, 6) is 0. The van der Waals surface area contributed by atoms with Gasteiger partial charge in [-0.1, -0.05) is 30.3 Å². The van der Waals surface area contributed by atoms with Gasteiger partial charge in [-0.2, -0.15) is 0 Å². The van der Waals surface area contributed by atoms with E-state index in [1.165, 1.54) is 16.2 Å². The molecule has 1 aromatic heterocycles. The SMILES string of the molecule is Nc1ccc2ccc3c(N)c(-c4ccoc4)cc4ccc1c2c43. The summed E-state index contributed by atoms with van der Waals surface area (Å²) in [6.07, 6.45) is 3.39. The first-order chi connectivity index (χ1) is 11.2. The van der Waals surface area contributed by atoms with Gasteiger partial charge in [0.25, 0.3) is 0 Å². The van der Waals surface area contributed by atoms with Crippen LogP contribution in [0.3, 0.4) is 0 Å². The molecule has 0 aliphatic heterocycles. The first kappa shape index (κ1) is 12.4. The van der Waals surface area contributed by atoms with Gasteiger partial charge in [-0.15, -0.1) is 0 Å². The molecule has 0 aliphatic carbocycles. The van der Waals surface area contributed by atoms with Crippen LogP contribution in [0.25, 0.3) is 43.4 Å². The van der Waals surface area contributed by atoms with Crippen LogP contribution in [0.2, 0.25) is 0 Å². The minimum atomic E-state index is 0.774. The summed E-state index contributed by atoms with van der Waals surface area (Å²) in [4.78, 5) is 0. The summed E-state index contributed by atoms with van der Waals surface area (Å²) in [6.45, 7) is 0.